The van der Waals surface area contributed by atoms with Crippen LogP contribution in [0.15, 0.2) is 18.2 Å². The lowest BCUT2D eigenvalue weighted by Crippen LogP contribution is -2.39. The second kappa shape index (κ2) is 6.94. The monoisotopic (exact) mass is 300 g/mol. The summed E-state index contributed by atoms with van der Waals surface area (Å²) in [6.07, 6.45) is 3.83. The van der Waals surface area contributed by atoms with E-state index in [4.69, 9.17) is 28.9 Å². The lowest BCUT2D eigenvalue weighted by molar-refractivity contribution is 0.134. The average molecular weight is 301 g/mol. The SMILES string of the molecule is CCC1CCN(C(CN)c2ccc(Cl)c(Cl)c2)CC1. The molecule has 2 N–H and O–H groups in total. The van der Waals surface area contributed by atoms with Gasteiger partial charge in [-0.25, -0.2) is 0 Å². The Morgan fingerprint density at radius 2 is 1.95 bits per heavy atom. The van der Waals surface area contributed by atoms with Gasteiger partial charge in [-0.15, -0.1) is 0 Å². The average Bonchev–Trinajstić information content (AvgIpc) is 2.44. The van der Waals surface area contributed by atoms with Crippen molar-refractivity contribution in [3.8, 4) is 0 Å². The summed E-state index contributed by atoms with van der Waals surface area (Å²) in [5, 5.41) is 1.21. The van der Waals surface area contributed by atoms with Crippen molar-refractivity contribution in [3.05, 3.63) is 33.8 Å². The van der Waals surface area contributed by atoms with E-state index in [9.17, 15) is 0 Å². The van der Waals surface area contributed by atoms with Gasteiger partial charge in [0.25, 0.3) is 0 Å². The van der Waals surface area contributed by atoms with Gasteiger partial charge in [-0.05, 0) is 49.5 Å². The summed E-state index contributed by atoms with van der Waals surface area (Å²) in [6.45, 7) is 5.15. The van der Waals surface area contributed by atoms with E-state index in [1.54, 1.807) is 0 Å². The van der Waals surface area contributed by atoms with Gasteiger partial charge in [0.05, 0.1) is 10.0 Å². The summed E-state index contributed by atoms with van der Waals surface area (Å²) in [5.74, 6) is 0.878. The first-order valence-electron chi connectivity index (χ1n) is 7.04. The minimum atomic E-state index is 0.257. The van der Waals surface area contributed by atoms with Gasteiger partial charge < -0.3 is 5.73 Å². The van der Waals surface area contributed by atoms with Crippen molar-refractivity contribution in [1.29, 1.82) is 0 Å². The van der Waals surface area contributed by atoms with Crippen molar-refractivity contribution >= 4 is 23.2 Å². The first-order valence-corrected chi connectivity index (χ1v) is 7.80. The molecule has 2 nitrogen and oxygen atoms in total. The van der Waals surface area contributed by atoms with Gasteiger partial charge in [0.2, 0.25) is 0 Å². The van der Waals surface area contributed by atoms with Gasteiger partial charge in [0.15, 0.2) is 0 Å². The molecule has 1 heterocycles. The molecule has 106 valence electrons. The van der Waals surface area contributed by atoms with Gasteiger partial charge in [-0.1, -0.05) is 42.6 Å². The van der Waals surface area contributed by atoms with E-state index < -0.39 is 0 Å². The highest BCUT2D eigenvalue weighted by molar-refractivity contribution is 6.42. The third-order valence-corrected chi connectivity index (χ3v) is 4.96. The third kappa shape index (κ3) is 3.63. The summed E-state index contributed by atoms with van der Waals surface area (Å²) in [4.78, 5) is 2.48. The van der Waals surface area contributed by atoms with Crippen molar-refractivity contribution in [2.24, 2.45) is 11.7 Å². The van der Waals surface area contributed by atoms with Gasteiger partial charge in [0, 0.05) is 12.6 Å². The lowest BCUT2D eigenvalue weighted by Gasteiger charge is -2.37. The zero-order valence-electron chi connectivity index (χ0n) is 11.4. The maximum Gasteiger partial charge on any atom is 0.0595 e. The molecule has 0 bridgehead atoms. The van der Waals surface area contributed by atoms with Crippen LogP contribution >= 0.6 is 23.2 Å². The van der Waals surface area contributed by atoms with Crippen LogP contribution in [0, 0.1) is 5.92 Å². The normalized spacial score (nSPS) is 19.6. The molecule has 0 amide bonds. The van der Waals surface area contributed by atoms with E-state index >= 15 is 0 Å². The van der Waals surface area contributed by atoms with Crippen molar-refractivity contribution < 1.29 is 0 Å². The number of likely N-dealkylation sites (tertiary alicyclic amines) is 1. The van der Waals surface area contributed by atoms with Crippen LogP contribution in [0.4, 0.5) is 0 Å². The fourth-order valence-electron chi connectivity index (χ4n) is 2.89. The summed E-state index contributed by atoms with van der Waals surface area (Å²) in [5.41, 5.74) is 7.15. The van der Waals surface area contributed by atoms with Crippen LogP contribution in [0.5, 0.6) is 0 Å². The van der Waals surface area contributed by atoms with E-state index in [1.165, 1.54) is 24.8 Å². The number of piperidine rings is 1. The molecule has 1 fully saturated rings. The van der Waals surface area contributed by atoms with Crippen molar-refractivity contribution in [2.45, 2.75) is 32.2 Å². The Kier molecular flexibility index (Phi) is 5.52. The van der Waals surface area contributed by atoms with Crippen LogP contribution in [0.3, 0.4) is 0 Å². The first kappa shape index (κ1) is 15.1. The molecule has 1 aromatic rings. The number of nitrogens with two attached hydrogens (primary N) is 1. The highest BCUT2D eigenvalue weighted by Gasteiger charge is 2.24. The maximum absolute atomic E-state index is 6.11. The molecule has 2 rings (SSSR count). The third-order valence-electron chi connectivity index (χ3n) is 4.22. The van der Waals surface area contributed by atoms with Crippen molar-refractivity contribution in [1.82, 2.24) is 4.90 Å². The molecule has 19 heavy (non-hydrogen) atoms. The quantitative estimate of drug-likeness (QED) is 0.906. The van der Waals surface area contributed by atoms with Crippen LogP contribution in [-0.2, 0) is 0 Å². The Labute approximate surface area is 125 Å². The van der Waals surface area contributed by atoms with E-state index in [2.05, 4.69) is 11.8 Å². The zero-order valence-corrected chi connectivity index (χ0v) is 12.9. The van der Waals surface area contributed by atoms with Gasteiger partial charge in [-0.2, -0.15) is 0 Å². The predicted octanol–water partition coefficient (Wildman–Crippen LogP) is 4.12. The van der Waals surface area contributed by atoms with Crippen LogP contribution < -0.4 is 5.73 Å². The minimum absolute atomic E-state index is 0.257. The predicted molar refractivity (Wildman–Crippen MR) is 82.8 cm³/mol. The Morgan fingerprint density at radius 3 is 2.47 bits per heavy atom. The van der Waals surface area contributed by atoms with E-state index in [0.29, 0.717) is 16.6 Å². The van der Waals surface area contributed by atoms with Crippen molar-refractivity contribution in [3.63, 3.8) is 0 Å². The molecule has 1 saturated heterocycles. The molecule has 0 aromatic heterocycles. The number of hydrogen-bond donors (Lipinski definition) is 1. The van der Waals surface area contributed by atoms with Crippen LogP contribution in [0.1, 0.15) is 37.8 Å². The number of nitrogens with zero attached hydrogens (tertiary/aromatic N) is 1. The molecular formula is C15H22Cl2N2. The van der Waals surface area contributed by atoms with E-state index in [0.717, 1.165) is 19.0 Å². The summed E-state index contributed by atoms with van der Waals surface area (Å²) >= 11 is 12.1. The molecule has 1 aliphatic rings. The van der Waals surface area contributed by atoms with E-state index in [1.807, 2.05) is 18.2 Å². The van der Waals surface area contributed by atoms with Crippen LogP contribution in [0.2, 0.25) is 10.0 Å². The number of benzene rings is 1. The molecule has 0 radical (unpaired) electrons. The van der Waals surface area contributed by atoms with Gasteiger partial charge >= 0.3 is 0 Å². The number of halogens is 2. The second-order valence-electron chi connectivity index (χ2n) is 5.31. The van der Waals surface area contributed by atoms with Crippen molar-refractivity contribution in [2.75, 3.05) is 19.6 Å². The summed E-state index contributed by atoms with van der Waals surface area (Å²) in [6, 6.07) is 6.11. The Morgan fingerprint density at radius 1 is 1.26 bits per heavy atom. The number of rotatable bonds is 4. The molecular weight excluding hydrogens is 279 g/mol. The fraction of sp³-hybridized carbons (Fsp3) is 0.600. The molecule has 0 aliphatic carbocycles. The smallest absolute Gasteiger partial charge is 0.0595 e. The highest BCUT2D eigenvalue weighted by Crippen LogP contribution is 2.31. The fourth-order valence-corrected chi connectivity index (χ4v) is 3.20. The molecule has 0 saturated carbocycles. The summed E-state index contributed by atoms with van der Waals surface area (Å²) < 4.78 is 0. The Balaban J connectivity index is 2.09. The molecule has 0 spiro atoms. The van der Waals surface area contributed by atoms with Crippen LogP contribution in [-0.4, -0.2) is 24.5 Å². The first-order chi connectivity index (χ1) is 9.15. The largest absolute Gasteiger partial charge is 0.329 e. The summed E-state index contributed by atoms with van der Waals surface area (Å²) in [7, 11) is 0. The van der Waals surface area contributed by atoms with Gasteiger partial charge in [-0.3, -0.25) is 4.90 Å². The minimum Gasteiger partial charge on any atom is -0.329 e. The second-order valence-corrected chi connectivity index (χ2v) is 6.13. The number of hydrogen-bond acceptors (Lipinski definition) is 2. The maximum atomic E-state index is 6.11. The standard InChI is InChI=1S/C15H22Cl2N2/c1-2-11-5-7-19(8-6-11)15(10-18)12-3-4-13(16)14(17)9-12/h3-4,9,11,15H,2,5-8,10,18H2,1H3. The Bertz CT molecular complexity index is 415. The molecule has 1 aromatic carbocycles. The van der Waals surface area contributed by atoms with Gasteiger partial charge in [0.1, 0.15) is 0 Å². The molecule has 4 heteroatoms. The topological polar surface area (TPSA) is 29.3 Å². The molecule has 1 unspecified atom stereocenters. The lowest BCUT2D eigenvalue weighted by atomic mass is 9.92. The van der Waals surface area contributed by atoms with Crippen LogP contribution in [0.25, 0.3) is 0 Å². The highest BCUT2D eigenvalue weighted by atomic mass is 35.5. The Hall–Kier alpha value is -0.280. The molecule has 1 aliphatic heterocycles. The molecule has 1 atom stereocenters. The zero-order chi connectivity index (χ0) is 13.8. The van der Waals surface area contributed by atoms with E-state index in [-0.39, 0.29) is 6.04 Å².